The van der Waals surface area contributed by atoms with Crippen molar-refractivity contribution in [2.75, 3.05) is 37.3 Å². The summed E-state index contributed by atoms with van der Waals surface area (Å²) in [7, 11) is 0. The molecule has 1 aromatic carbocycles. The molecule has 0 saturated carbocycles. The fourth-order valence-electron chi connectivity index (χ4n) is 2.97. The zero-order valence-corrected chi connectivity index (χ0v) is 13.9. The Morgan fingerprint density at radius 3 is 2.76 bits per heavy atom. The van der Waals surface area contributed by atoms with Crippen LogP contribution in [0.3, 0.4) is 0 Å². The molecule has 2 aromatic heterocycles. The van der Waals surface area contributed by atoms with Crippen LogP contribution in [0.2, 0.25) is 0 Å². The van der Waals surface area contributed by atoms with Gasteiger partial charge < -0.3 is 20.8 Å². The van der Waals surface area contributed by atoms with Gasteiger partial charge in [-0.05, 0) is 50.2 Å². The first-order valence-corrected chi connectivity index (χ1v) is 8.47. The van der Waals surface area contributed by atoms with E-state index >= 15 is 0 Å². The number of hydrogen-bond acceptors (Lipinski definition) is 7. The number of rotatable bonds is 6. The summed E-state index contributed by atoms with van der Waals surface area (Å²) in [5.41, 5.74) is 7.95. The second kappa shape index (κ2) is 6.94. The van der Waals surface area contributed by atoms with Gasteiger partial charge in [-0.25, -0.2) is 4.98 Å². The highest BCUT2D eigenvalue weighted by molar-refractivity contribution is 5.82. The topological polar surface area (TPSA) is 105 Å². The maximum atomic E-state index is 5.90. The molecule has 1 aliphatic heterocycles. The zero-order valence-electron chi connectivity index (χ0n) is 13.9. The first-order chi connectivity index (χ1) is 12.3. The number of aromatic amines is 1. The van der Waals surface area contributed by atoms with Crippen molar-refractivity contribution in [3.63, 3.8) is 0 Å². The molecule has 25 heavy (non-hydrogen) atoms. The van der Waals surface area contributed by atoms with E-state index in [1.807, 2.05) is 24.3 Å². The lowest BCUT2D eigenvalue weighted by Crippen LogP contribution is -2.25. The molecule has 1 saturated heterocycles. The molecule has 4 rings (SSSR count). The van der Waals surface area contributed by atoms with Gasteiger partial charge in [-0.1, -0.05) is 0 Å². The van der Waals surface area contributed by atoms with Crippen LogP contribution in [0.15, 0.2) is 30.6 Å². The summed E-state index contributed by atoms with van der Waals surface area (Å²) in [6.07, 6.45) is 4.15. The van der Waals surface area contributed by atoms with Crippen LogP contribution in [0, 0.1) is 0 Å². The van der Waals surface area contributed by atoms with Crippen molar-refractivity contribution in [1.29, 1.82) is 0 Å². The van der Waals surface area contributed by atoms with E-state index in [1.54, 1.807) is 6.33 Å². The summed E-state index contributed by atoms with van der Waals surface area (Å²) >= 11 is 0. The Balaban J connectivity index is 1.36. The van der Waals surface area contributed by atoms with Crippen molar-refractivity contribution in [1.82, 2.24) is 24.8 Å². The fourth-order valence-corrected chi connectivity index (χ4v) is 2.97. The highest BCUT2D eigenvalue weighted by Gasteiger charge is 2.11. The van der Waals surface area contributed by atoms with Crippen molar-refractivity contribution in [2.24, 2.45) is 0 Å². The van der Waals surface area contributed by atoms with Gasteiger partial charge in [0.25, 0.3) is 0 Å². The Morgan fingerprint density at radius 1 is 1.16 bits per heavy atom. The molecule has 130 valence electrons. The minimum atomic E-state index is 0.367. The van der Waals surface area contributed by atoms with Crippen molar-refractivity contribution in [2.45, 2.75) is 12.8 Å². The Bertz CT molecular complexity index is 840. The molecular weight excluding hydrogens is 318 g/mol. The average Bonchev–Trinajstić information content (AvgIpc) is 3.28. The maximum absolute atomic E-state index is 5.90. The summed E-state index contributed by atoms with van der Waals surface area (Å²) in [5, 5.41) is 3.13. The number of fused-ring (bicyclic) bond motifs is 1. The molecule has 1 aliphatic rings. The molecule has 4 N–H and O–H groups in total. The van der Waals surface area contributed by atoms with Crippen LogP contribution in [0.1, 0.15) is 12.8 Å². The Labute approximate surface area is 145 Å². The first kappa shape index (κ1) is 15.6. The molecular formula is C17H21N7O. The first-order valence-electron chi connectivity index (χ1n) is 8.47. The van der Waals surface area contributed by atoms with E-state index in [2.05, 4.69) is 30.2 Å². The van der Waals surface area contributed by atoms with Crippen molar-refractivity contribution in [3.05, 3.63) is 30.6 Å². The third-order valence-electron chi connectivity index (χ3n) is 4.30. The highest BCUT2D eigenvalue weighted by Crippen LogP contribution is 2.21. The number of likely N-dealkylation sites (tertiary alicyclic amines) is 1. The minimum absolute atomic E-state index is 0.367. The van der Waals surface area contributed by atoms with Gasteiger partial charge in [-0.3, -0.25) is 4.90 Å². The maximum Gasteiger partial charge on any atom is 0.231 e. The third kappa shape index (κ3) is 3.63. The van der Waals surface area contributed by atoms with Crippen molar-refractivity contribution >= 4 is 28.6 Å². The normalized spacial score (nSPS) is 14.9. The Morgan fingerprint density at radius 2 is 1.96 bits per heavy atom. The van der Waals surface area contributed by atoms with Crippen LogP contribution in [-0.2, 0) is 0 Å². The number of hydrogen-bond donors (Lipinski definition) is 3. The van der Waals surface area contributed by atoms with E-state index in [4.69, 9.17) is 10.5 Å². The monoisotopic (exact) mass is 339 g/mol. The quantitative estimate of drug-likeness (QED) is 0.632. The lowest BCUT2D eigenvalue weighted by Gasteiger charge is -2.15. The second-order valence-electron chi connectivity index (χ2n) is 6.08. The Hall–Kier alpha value is -2.87. The van der Waals surface area contributed by atoms with Gasteiger partial charge in [-0.15, -0.1) is 0 Å². The molecule has 0 spiro atoms. The van der Waals surface area contributed by atoms with E-state index in [9.17, 15) is 0 Å². The molecule has 1 fully saturated rings. The molecule has 0 atom stereocenters. The summed E-state index contributed by atoms with van der Waals surface area (Å²) in [5.74, 6) is 1.64. The molecule has 3 heterocycles. The number of nitrogens with zero attached hydrogens (tertiary/aromatic N) is 4. The zero-order chi connectivity index (χ0) is 17.1. The van der Waals surface area contributed by atoms with Crippen LogP contribution in [0.25, 0.3) is 11.2 Å². The lowest BCUT2D eigenvalue weighted by atomic mass is 10.3. The smallest absolute Gasteiger partial charge is 0.231 e. The van der Waals surface area contributed by atoms with Gasteiger partial charge in [0, 0.05) is 12.2 Å². The number of aromatic nitrogens is 4. The van der Waals surface area contributed by atoms with Gasteiger partial charge in [0.2, 0.25) is 5.95 Å². The number of ether oxygens (including phenoxy) is 1. The van der Waals surface area contributed by atoms with E-state index in [0.717, 1.165) is 18.0 Å². The summed E-state index contributed by atoms with van der Waals surface area (Å²) in [6, 6.07) is 7.73. The lowest BCUT2D eigenvalue weighted by molar-refractivity contribution is 0.238. The van der Waals surface area contributed by atoms with Crippen molar-refractivity contribution < 1.29 is 4.74 Å². The number of nitrogens with one attached hydrogen (secondary N) is 2. The standard InChI is InChI=1S/C17H21N7O/c18-15-14-16(20-11-19-14)23-17(22-15)21-12-3-5-13(6-4-12)25-10-9-24-7-1-2-8-24/h3-6,11H,1-2,7-10H2,(H4,18,19,20,21,22,23). The molecule has 0 unspecified atom stereocenters. The molecule has 0 radical (unpaired) electrons. The van der Waals surface area contributed by atoms with E-state index < -0.39 is 0 Å². The van der Waals surface area contributed by atoms with Gasteiger partial charge in [0.05, 0.1) is 6.33 Å². The van der Waals surface area contributed by atoms with Gasteiger partial charge >= 0.3 is 0 Å². The highest BCUT2D eigenvalue weighted by atomic mass is 16.5. The third-order valence-corrected chi connectivity index (χ3v) is 4.30. The largest absolute Gasteiger partial charge is 0.492 e. The summed E-state index contributed by atoms with van der Waals surface area (Å²) in [4.78, 5) is 18.0. The molecule has 8 nitrogen and oxygen atoms in total. The molecule has 3 aromatic rings. The second-order valence-corrected chi connectivity index (χ2v) is 6.08. The minimum Gasteiger partial charge on any atom is -0.492 e. The van der Waals surface area contributed by atoms with E-state index in [-0.39, 0.29) is 0 Å². The predicted molar refractivity (Wildman–Crippen MR) is 97.0 cm³/mol. The summed E-state index contributed by atoms with van der Waals surface area (Å²) < 4.78 is 5.80. The van der Waals surface area contributed by atoms with Crippen molar-refractivity contribution in [3.8, 4) is 5.75 Å². The molecule has 0 amide bonds. The molecule has 0 aliphatic carbocycles. The number of nitrogen functional groups attached to an aromatic ring is 1. The fraction of sp³-hybridized carbons (Fsp3) is 0.353. The van der Waals surface area contributed by atoms with Crippen LogP contribution in [0.4, 0.5) is 17.5 Å². The van der Waals surface area contributed by atoms with Gasteiger partial charge in [0.1, 0.15) is 17.9 Å². The SMILES string of the molecule is Nc1nc(Nc2ccc(OCCN3CCCC3)cc2)nc2nc[nH]c12. The predicted octanol–water partition coefficient (Wildman–Crippen LogP) is 2.15. The number of anilines is 3. The Kier molecular flexibility index (Phi) is 4.34. The van der Waals surface area contributed by atoms with Gasteiger partial charge in [-0.2, -0.15) is 9.97 Å². The van der Waals surface area contributed by atoms with Gasteiger partial charge in [0.15, 0.2) is 11.5 Å². The number of benzene rings is 1. The van der Waals surface area contributed by atoms with E-state index in [1.165, 1.54) is 25.9 Å². The van der Waals surface area contributed by atoms with Crippen LogP contribution in [-0.4, -0.2) is 51.1 Å². The van der Waals surface area contributed by atoms with Crippen LogP contribution >= 0.6 is 0 Å². The van der Waals surface area contributed by atoms with Crippen LogP contribution in [0.5, 0.6) is 5.75 Å². The molecule has 0 bridgehead atoms. The summed E-state index contributed by atoms with van der Waals surface area (Å²) in [6.45, 7) is 4.07. The molecule has 8 heteroatoms. The average molecular weight is 339 g/mol. The number of nitrogens with two attached hydrogens (primary N) is 1. The number of imidazole rings is 1. The number of H-pyrrole nitrogens is 1. The van der Waals surface area contributed by atoms with Crippen LogP contribution < -0.4 is 15.8 Å². The van der Waals surface area contributed by atoms with E-state index in [0.29, 0.717) is 29.5 Å².